The first-order valence-corrected chi connectivity index (χ1v) is 7.44. The normalized spacial score (nSPS) is 10.1. The molecule has 0 aliphatic rings. The Kier molecular flexibility index (Phi) is 22.8. The van der Waals surface area contributed by atoms with Crippen LogP contribution in [0.25, 0.3) is 0 Å². The predicted molar refractivity (Wildman–Crippen MR) is 66.3 cm³/mol. The van der Waals surface area contributed by atoms with E-state index >= 15 is 0 Å². The summed E-state index contributed by atoms with van der Waals surface area (Å²) in [6.07, 6.45) is 8.85. The Morgan fingerprint density at radius 1 is 0.882 bits per heavy atom. The predicted octanol–water partition coefficient (Wildman–Crippen LogP) is 0.169. The molecular formula is C11H25NaO4S. The number of hydrogen-bond acceptors (Lipinski definition) is 3. The van der Waals surface area contributed by atoms with Gasteiger partial charge in [-0.3, -0.25) is 4.55 Å². The van der Waals surface area contributed by atoms with Gasteiger partial charge in [0.1, 0.15) is 0 Å². The fourth-order valence-electron chi connectivity index (χ4n) is 1.42. The van der Waals surface area contributed by atoms with Crippen LogP contribution in [-0.2, 0) is 10.1 Å². The molecule has 0 aromatic heterocycles. The fourth-order valence-corrected chi connectivity index (χ4v) is 1.99. The van der Waals surface area contributed by atoms with E-state index in [9.17, 15) is 8.42 Å². The smallest absolute Gasteiger partial charge is 0.569 e. The summed E-state index contributed by atoms with van der Waals surface area (Å²) in [4.78, 5) is 0. The molecule has 0 spiro atoms. The SMILES string of the molecule is CCCCCCCCCCS(=O)(=O)O.[CH2-]O.[Na+]. The van der Waals surface area contributed by atoms with Gasteiger partial charge in [-0.1, -0.05) is 51.9 Å². The van der Waals surface area contributed by atoms with Gasteiger partial charge in [0, 0.05) is 0 Å². The van der Waals surface area contributed by atoms with Gasteiger partial charge in [0.2, 0.25) is 0 Å². The molecule has 0 aliphatic heterocycles. The van der Waals surface area contributed by atoms with Crippen LogP contribution in [0.2, 0.25) is 0 Å². The first kappa shape index (κ1) is 23.0. The van der Waals surface area contributed by atoms with Gasteiger partial charge in [-0.25, -0.2) is 7.11 Å². The van der Waals surface area contributed by atoms with Crippen LogP contribution < -0.4 is 29.6 Å². The van der Waals surface area contributed by atoms with Crippen LogP contribution in [0.4, 0.5) is 0 Å². The van der Waals surface area contributed by atoms with Crippen molar-refractivity contribution in [3.63, 3.8) is 0 Å². The Labute approximate surface area is 128 Å². The monoisotopic (exact) mass is 276 g/mol. The molecule has 17 heavy (non-hydrogen) atoms. The number of aliphatic hydroxyl groups excluding tert-OH is 1. The molecule has 0 unspecified atom stereocenters. The van der Waals surface area contributed by atoms with Gasteiger partial charge in [0.25, 0.3) is 10.1 Å². The summed E-state index contributed by atoms with van der Waals surface area (Å²) in [5.74, 6) is -0.0814. The Morgan fingerprint density at radius 3 is 1.59 bits per heavy atom. The maximum absolute atomic E-state index is 10.4. The summed E-state index contributed by atoms with van der Waals surface area (Å²) in [5, 5.41) is 6.75. The van der Waals surface area contributed by atoms with Gasteiger partial charge in [0.15, 0.2) is 0 Å². The molecular weight excluding hydrogens is 251 g/mol. The van der Waals surface area contributed by atoms with Crippen molar-refractivity contribution in [3.8, 4) is 0 Å². The third-order valence-electron chi connectivity index (χ3n) is 2.26. The second-order valence-corrected chi connectivity index (χ2v) is 5.33. The molecule has 0 aromatic carbocycles. The molecule has 0 fully saturated rings. The Morgan fingerprint density at radius 2 is 1.24 bits per heavy atom. The van der Waals surface area contributed by atoms with Gasteiger partial charge in [-0.2, -0.15) is 8.42 Å². The number of unbranched alkanes of at least 4 members (excludes halogenated alkanes) is 7. The molecule has 100 valence electrons. The summed E-state index contributed by atoms with van der Waals surface area (Å²) in [6, 6.07) is 0. The van der Waals surface area contributed by atoms with Crippen molar-refractivity contribution in [1.29, 1.82) is 0 Å². The molecule has 0 amide bonds. The van der Waals surface area contributed by atoms with Crippen LogP contribution in [0.5, 0.6) is 0 Å². The first-order chi connectivity index (χ1) is 7.56. The van der Waals surface area contributed by atoms with Crippen molar-refractivity contribution in [2.45, 2.75) is 58.3 Å². The quantitative estimate of drug-likeness (QED) is 0.272. The van der Waals surface area contributed by atoms with Gasteiger partial charge in [-0.15, -0.1) is 0 Å². The van der Waals surface area contributed by atoms with E-state index in [1.807, 2.05) is 0 Å². The number of rotatable bonds is 9. The first-order valence-electron chi connectivity index (χ1n) is 5.83. The topological polar surface area (TPSA) is 74.6 Å². The van der Waals surface area contributed by atoms with Gasteiger partial charge in [0.05, 0.1) is 5.75 Å². The van der Waals surface area contributed by atoms with E-state index in [0.29, 0.717) is 6.42 Å². The van der Waals surface area contributed by atoms with E-state index in [4.69, 9.17) is 9.66 Å². The summed E-state index contributed by atoms with van der Waals surface area (Å²) in [7, 11) is -1.48. The average Bonchev–Trinajstić information content (AvgIpc) is 2.23. The molecule has 4 nitrogen and oxygen atoms in total. The summed E-state index contributed by atoms with van der Waals surface area (Å²) >= 11 is 0. The zero-order chi connectivity index (χ0) is 12.9. The van der Waals surface area contributed by atoms with E-state index in [0.717, 1.165) is 12.8 Å². The number of hydrogen-bond donors (Lipinski definition) is 2. The zero-order valence-corrected chi connectivity index (χ0v) is 14.0. The fraction of sp³-hybridized carbons (Fsp3) is 0.909. The Bertz CT molecular complexity index is 218. The maximum atomic E-state index is 10.4. The van der Waals surface area contributed by atoms with Crippen LogP contribution in [-0.4, -0.2) is 23.8 Å². The van der Waals surface area contributed by atoms with Gasteiger partial charge < -0.3 is 5.11 Å². The summed E-state index contributed by atoms with van der Waals surface area (Å²) < 4.78 is 29.2. The van der Waals surface area contributed by atoms with E-state index in [-0.39, 0.29) is 35.3 Å². The van der Waals surface area contributed by atoms with Gasteiger partial charge in [-0.05, 0) is 6.42 Å². The summed E-state index contributed by atoms with van der Waals surface area (Å²) in [6.45, 7) is 2.19. The molecule has 0 radical (unpaired) electrons. The minimum atomic E-state index is -3.73. The molecule has 0 bridgehead atoms. The second kappa shape index (κ2) is 16.9. The third kappa shape index (κ3) is 26.5. The zero-order valence-electron chi connectivity index (χ0n) is 11.2. The van der Waals surface area contributed by atoms with Gasteiger partial charge >= 0.3 is 29.6 Å². The minimum absolute atomic E-state index is 0. The van der Waals surface area contributed by atoms with Crippen LogP contribution in [0.15, 0.2) is 0 Å². The second-order valence-electron chi connectivity index (χ2n) is 3.76. The van der Waals surface area contributed by atoms with Crippen molar-refractivity contribution < 1.29 is 47.6 Å². The van der Waals surface area contributed by atoms with Crippen molar-refractivity contribution in [2.75, 3.05) is 5.75 Å². The van der Waals surface area contributed by atoms with Crippen LogP contribution in [0.1, 0.15) is 58.3 Å². The number of aliphatic hydroxyl groups is 1. The molecule has 0 heterocycles. The third-order valence-corrected chi connectivity index (χ3v) is 3.06. The Balaban J connectivity index is -0.000000616. The van der Waals surface area contributed by atoms with Crippen molar-refractivity contribution in [1.82, 2.24) is 0 Å². The molecule has 0 atom stereocenters. The Hall–Kier alpha value is 0.870. The van der Waals surface area contributed by atoms with Crippen molar-refractivity contribution >= 4 is 10.1 Å². The molecule has 6 heteroatoms. The van der Waals surface area contributed by atoms with Crippen LogP contribution >= 0.6 is 0 Å². The molecule has 0 rings (SSSR count). The average molecular weight is 276 g/mol. The molecule has 0 saturated carbocycles. The van der Waals surface area contributed by atoms with Crippen LogP contribution in [0, 0.1) is 7.11 Å². The standard InChI is InChI=1S/C10H22O3S.CH3O.Na/c1-2-3-4-5-6-7-8-9-10-14(11,12)13;1-2;/h2-10H2,1H3,(H,11,12,13);2H,1H2;/q;-1;+1. The van der Waals surface area contributed by atoms with E-state index in [1.54, 1.807) is 0 Å². The van der Waals surface area contributed by atoms with Crippen molar-refractivity contribution in [3.05, 3.63) is 7.11 Å². The van der Waals surface area contributed by atoms with E-state index < -0.39 is 10.1 Å². The van der Waals surface area contributed by atoms with E-state index in [2.05, 4.69) is 14.0 Å². The van der Waals surface area contributed by atoms with E-state index in [1.165, 1.54) is 32.1 Å². The largest absolute Gasteiger partial charge is 1.00 e. The maximum Gasteiger partial charge on any atom is 1.00 e. The van der Waals surface area contributed by atoms with Crippen molar-refractivity contribution in [2.24, 2.45) is 0 Å². The molecule has 0 aromatic rings. The summed E-state index contributed by atoms with van der Waals surface area (Å²) in [5.41, 5.74) is 0. The van der Waals surface area contributed by atoms with Crippen LogP contribution in [0.3, 0.4) is 0 Å². The molecule has 0 aliphatic carbocycles. The molecule has 0 saturated heterocycles. The molecule has 2 N–H and O–H groups in total. The minimum Gasteiger partial charge on any atom is -0.569 e.